The van der Waals surface area contributed by atoms with Crippen LogP contribution in [0.15, 0.2) is 25.0 Å². The summed E-state index contributed by atoms with van der Waals surface area (Å²) < 4.78 is 37.9. The molecule has 6 rings (SSSR count). The van der Waals surface area contributed by atoms with Crippen LogP contribution in [0.1, 0.15) is 25.7 Å². The van der Waals surface area contributed by atoms with Gasteiger partial charge in [-0.25, -0.2) is 19.9 Å². The average molecular weight is 594 g/mol. The van der Waals surface area contributed by atoms with Crippen molar-refractivity contribution in [1.82, 2.24) is 39.0 Å². The van der Waals surface area contributed by atoms with E-state index in [1.54, 1.807) is 36.7 Å². The second-order valence-electron chi connectivity index (χ2n) is 10.2. The summed E-state index contributed by atoms with van der Waals surface area (Å²) in [7, 11) is -6.63. The van der Waals surface area contributed by atoms with E-state index in [0.717, 1.165) is 12.8 Å². The molecule has 2 aliphatic rings. The van der Waals surface area contributed by atoms with E-state index in [2.05, 4.69) is 29.9 Å². The lowest BCUT2D eigenvalue weighted by atomic mass is 10.2. The van der Waals surface area contributed by atoms with Gasteiger partial charge in [0.25, 0.3) is 0 Å². The molecule has 18 heteroatoms. The molecular weight excluding hydrogens is 562 g/mol. The first kappa shape index (κ1) is 28.5. The fourth-order valence-electron chi connectivity index (χ4n) is 4.78. The Labute approximate surface area is 229 Å². The van der Waals surface area contributed by atoms with Gasteiger partial charge in [0, 0.05) is 0 Å². The standard InChI is InChI=1S/C12H18N5O2P.C10H14N5O4P/c1-20(2,18)10-4-3-8(19-10)6-17-7-15-9-5-14-12(13)16-11(9)17;11-10-12-3-7-9(14-10)15(5-13-7)4-6-1-2-8(19-6)20(16,17)18/h5,7-8,10H,3-4,6H2,1-2H3,(H2,13,14,16);3,5-6,8H,1-2,4H2,(H2,11,12,14)(H2,16,17,18)/p-1/t8-,10-;6-,8?/m00/s1. The minimum atomic E-state index is -4.44. The number of nitrogens with zero attached hydrogens (tertiary/aromatic N) is 8. The number of nitrogen functional groups attached to an aromatic ring is 2. The molecular formula is C22H31N10O6P2-. The number of aromatic nitrogens is 8. The van der Waals surface area contributed by atoms with Crippen molar-refractivity contribution in [3.63, 3.8) is 0 Å². The van der Waals surface area contributed by atoms with Gasteiger partial charge < -0.3 is 49.0 Å². The van der Waals surface area contributed by atoms with Gasteiger partial charge in [0.15, 0.2) is 18.9 Å². The number of anilines is 2. The summed E-state index contributed by atoms with van der Waals surface area (Å²) in [5.41, 5.74) is 13.7. The maximum Gasteiger partial charge on any atom is 0.222 e. The van der Waals surface area contributed by atoms with Crippen LogP contribution in [0.5, 0.6) is 0 Å². The van der Waals surface area contributed by atoms with Crippen molar-refractivity contribution in [2.45, 2.75) is 62.7 Å². The number of rotatable bonds is 6. The highest BCUT2D eigenvalue weighted by molar-refractivity contribution is 7.62. The zero-order chi connectivity index (χ0) is 28.7. The second kappa shape index (κ2) is 11.1. The lowest BCUT2D eigenvalue weighted by Crippen LogP contribution is -2.20. The molecule has 0 amide bonds. The Balaban J connectivity index is 0.000000161. The van der Waals surface area contributed by atoms with Crippen molar-refractivity contribution in [1.29, 1.82) is 0 Å². The summed E-state index contributed by atoms with van der Waals surface area (Å²) in [4.78, 5) is 44.5. The Hall–Kier alpha value is -3.00. The topological polar surface area (TPSA) is 235 Å². The van der Waals surface area contributed by atoms with Gasteiger partial charge in [0.1, 0.15) is 29.9 Å². The van der Waals surface area contributed by atoms with Gasteiger partial charge in [-0.15, -0.1) is 0 Å². The Kier molecular flexibility index (Phi) is 7.92. The van der Waals surface area contributed by atoms with Gasteiger partial charge in [-0.05, 0) is 39.0 Å². The van der Waals surface area contributed by atoms with Gasteiger partial charge in [0.05, 0.1) is 50.3 Å². The van der Waals surface area contributed by atoms with E-state index in [1.165, 1.54) is 6.20 Å². The minimum absolute atomic E-state index is 0.0433. The number of imidazole rings is 2. The summed E-state index contributed by atoms with van der Waals surface area (Å²) in [5, 5.41) is 0. The highest BCUT2D eigenvalue weighted by Crippen LogP contribution is 2.49. The summed E-state index contributed by atoms with van der Waals surface area (Å²) in [6, 6.07) is 0. The molecule has 0 aliphatic carbocycles. The molecule has 16 nitrogen and oxygen atoms in total. The van der Waals surface area contributed by atoms with Gasteiger partial charge in [0.2, 0.25) is 11.9 Å². The minimum Gasteiger partial charge on any atom is -0.777 e. The van der Waals surface area contributed by atoms with Crippen LogP contribution in [0.4, 0.5) is 11.9 Å². The lowest BCUT2D eigenvalue weighted by Gasteiger charge is -2.23. The molecule has 6 heterocycles. The van der Waals surface area contributed by atoms with E-state index >= 15 is 0 Å². The Morgan fingerprint density at radius 1 is 0.850 bits per heavy atom. The summed E-state index contributed by atoms with van der Waals surface area (Å²) in [6.45, 7) is 4.59. The molecule has 5 atom stereocenters. The molecule has 4 aromatic heterocycles. The summed E-state index contributed by atoms with van der Waals surface area (Å²) in [5.74, 6) is -0.871. The molecule has 216 valence electrons. The van der Waals surface area contributed by atoms with Gasteiger partial charge in [-0.1, -0.05) is 0 Å². The third kappa shape index (κ3) is 6.48. The number of hydrogen-bond acceptors (Lipinski definition) is 13. The third-order valence-electron chi connectivity index (χ3n) is 6.78. The van der Waals surface area contributed by atoms with Crippen molar-refractivity contribution in [2.24, 2.45) is 0 Å². The zero-order valence-electron chi connectivity index (χ0n) is 22.0. The van der Waals surface area contributed by atoms with Crippen LogP contribution in [0.25, 0.3) is 22.3 Å². The lowest BCUT2D eigenvalue weighted by molar-refractivity contribution is -0.204. The number of nitrogens with two attached hydrogens (primary N) is 2. The van der Waals surface area contributed by atoms with Crippen molar-refractivity contribution < 1.29 is 28.4 Å². The molecule has 2 saturated heterocycles. The molecule has 0 aromatic carbocycles. The molecule has 2 fully saturated rings. The Morgan fingerprint density at radius 2 is 1.30 bits per heavy atom. The molecule has 40 heavy (non-hydrogen) atoms. The van der Waals surface area contributed by atoms with Crippen molar-refractivity contribution in [2.75, 3.05) is 24.8 Å². The normalized spacial score (nSPS) is 24.7. The SMILES string of the molecule is CP(C)(=O)[C@H]1CC[C@@H](Cn2cnc3cnc(N)nc32)O1.Nc1ncc2ncn(C[C@@H]3CCC(P(=O)([O-])O)O3)c2n1. The first-order valence-corrected chi connectivity index (χ1v) is 16.9. The van der Waals surface area contributed by atoms with Gasteiger partial charge >= 0.3 is 0 Å². The highest BCUT2D eigenvalue weighted by Gasteiger charge is 2.34. The van der Waals surface area contributed by atoms with Crippen molar-refractivity contribution >= 4 is 49.0 Å². The number of fused-ring (bicyclic) bond motifs is 2. The van der Waals surface area contributed by atoms with Gasteiger partial charge in [-0.3, -0.25) is 0 Å². The van der Waals surface area contributed by atoms with Crippen LogP contribution in [0, 0.1) is 0 Å². The molecule has 5 N–H and O–H groups in total. The average Bonchev–Trinajstić information content (AvgIpc) is 3.67. The molecule has 2 aliphatic heterocycles. The molecule has 0 bridgehead atoms. The summed E-state index contributed by atoms with van der Waals surface area (Å²) in [6.07, 6.45) is 8.71. The molecule has 4 aromatic rings. The van der Waals surface area contributed by atoms with Crippen LogP contribution in [-0.2, 0) is 31.7 Å². The Morgan fingerprint density at radius 3 is 1.70 bits per heavy atom. The van der Waals surface area contributed by atoms with E-state index in [1.807, 2.05) is 4.57 Å². The van der Waals surface area contributed by atoms with Crippen LogP contribution >= 0.6 is 14.7 Å². The van der Waals surface area contributed by atoms with Gasteiger partial charge in [-0.2, -0.15) is 9.97 Å². The van der Waals surface area contributed by atoms with E-state index in [9.17, 15) is 14.0 Å². The van der Waals surface area contributed by atoms with Crippen LogP contribution < -0.4 is 16.4 Å². The van der Waals surface area contributed by atoms with Crippen LogP contribution in [-0.4, -0.2) is 81.2 Å². The van der Waals surface area contributed by atoms with Crippen LogP contribution in [0.2, 0.25) is 0 Å². The monoisotopic (exact) mass is 593 g/mol. The highest BCUT2D eigenvalue weighted by atomic mass is 31.2. The first-order chi connectivity index (χ1) is 18.9. The van der Waals surface area contributed by atoms with E-state index in [-0.39, 0.29) is 36.4 Å². The maximum absolute atomic E-state index is 12.0. The maximum atomic E-state index is 12.0. The quantitative estimate of drug-likeness (QED) is 0.265. The fourth-order valence-corrected chi connectivity index (χ4v) is 6.82. The van der Waals surface area contributed by atoms with Crippen LogP contribution in [0.3, 0.4) is 0 Å². The molecule has 0 radical (unpaired) electrons. The molecule has 2 unspecified atom stereocenters. The fraction of sp³-hybridized carbons (Fsp3) is 0.545. The second-order valence-corrected chi connectivity index (χ2v) is 15.4. The Bertz CT molecular complexity index is 1480. The van der Waals surface area contributed by atoms with E-state index in [0.29, 0.717) is 41.8 Å². The predicted octanol–water partition coefficient (Wildman–Crippen LogP) is 0.996. The zero-order valence-corrected chi connectivity index (χ0v) is 23.8. The number of hydrogen-bond donors (Lipinski definition) is 3. The summed E-state index contributed by atoms with van der Waals surface area (Å²) >= 11 is 0. The predicted molar refractivity (Wildman–Crippen MR) is 145 cm³/mol. The van der Waals surface area contributed by atoms with Crippen molar-refractivity contribution in [3.8, 4) is 0 Å². The van der Waals surface area contributed by atoms with E-state index < -0.39 is 20.6 Å². The molecule has 0 spiro atoms. The first-order valence-electron chi connectivity index (χ1n) is 12.6. The molecule has 0 saturated carbocycles. The number of ether oxygens (including phenoxy) is 2. The third-order valence-corrected chi connectivity index (χ3v) is 9.66. The smallest absolute Gasteiger partial charge is 0.222 e. The largest absolute Gasteiger partial charge is 0.777 e. The van der Waals surface area contributed by atoms with E-state index in [4.69, 9.17) is 25.8 Å². The van der Waals surface area contributed by atoms with Crippen molar-refractivity contribution in [3.05, 3.63) is 25.0 Å².